The molecular formula is C35H77NO3Si2. The number of nitrogens with zero attached hydrogens (tertiary/aromatic N) is 1. The van der Waals surface area contributed by atoms with E-state index < -0.39 is 22.2 Å². The second-order valence-electron chi connectivity index (χ2n) is 16.7. The molecule has 0 aromatic heterocycles. The molecule has 0 aliphatic heterocycles. The van der Waals surface area contributed by atoms with Gasteiger partial charge in [-0.3, -0.25) is 4.90 Å². The Morgan fingerprint density at radius 1 is 0.537 bits per heavy atom. The normalized spacial score (nSPS) is 14.2. The van der Waals surface area contributed by atoms with Crippen LogP contribution in [-0.2, 0) is 8.85 Å². The van der Waals surface area contributed by atoms with E-state index in [1.54, 1.807) is 0 Å². The highest BCUT2D eigenvalue weighted by molar-refractivity contribution is 6.74. The molecule has 0 aromatic rings. The van der Waals surface area contributed by atoms with E-state index in [1.807, 2.05) is 0 Å². The molecule has 0 radical (unpaired) electrons. The van der Waals surface area contributed by atoms with Crippen LogP contribution in [0.3, 0.4) is 0 Å². The van der Waals surface area contributed by atoms with E-state index in [9.17, 15) is 5.11 Å². The Labute approximate surface area is 261 Å². The Balaban J connectivity index is 4.64. The quantitative estimate of drug-likeness (QED) is 0.0917. The zero-order valence-electron chi connectivity index (χ0n) is 30.7. The summed E-state index contributed by atoms with van der Waals surface area (Å²) in [6.07, 6.45) is 14.5. The number of rotatable bonds is 23. The van der Waals surface area contributed by atoms with Gasteiger partial charge in [-0.25, -0.2) is 0 Å². The monoisotopic (exact) mass is 616 g/mol. The predicted molar refractivity (Wildman–Crippen MR) is 188 cm³/mol. The second-order valence-corrected chi connectivity index (χ2v) is 26.3. The SMILES string of the molecule is CC(C)N(CCCCC(O)(CCCCCCO[Si](C)(C)C(C)(C)C)CCCCCCO[Si](C)(C)C(C)(C)C)C(C)C. The Morgan fingerprint density at radius 3 is 1.17 bits per heavy atom. The van der Waals surface area contributed by atoms with Gasteiger partial charge in [0.05, 0.1) is 5.60 Å². The van der Waals surface area contributed by atoms with E-state index in [4.69, 9.17) is 8.85 Å². The number of aliphatic hydroxyl groups is 1. The van der Waals surface area contributed by atoms with E-state index in [1.165, 1.54) is 32.1 Å². The Bertz CT molecular complexity index is 617. The van der Waals surface area contributed by atoms with Crippen molar-refractivity contribution in [3.8, 4) is 0 Å². The Hall–Kier alpha value is 0.274. The van der Waals surface area contributed by atoms with E-state index >= 15 is 0 Å². The minimum Gasteiger partial charge on any atom is -0.417 e. The second kappa shape index (κ2) is 18.9. The first kappa shape index (κ1) is 41.3. The van der Waals surface area contributed by atoms with Crippen molar-refractivity contribution in [1.29, 1.82) is 0 Å². The predicted octanol–water partition coefficient (Wildman–Crippen LogP) is 11.0. The number of hydrogen-bond acceptors (Lipinski definition) is 4. The molecule has 4 nitrogen and oxygen atoms in total. The molecule has 0 amide bonds. The van der Waals surface area contributed by atoms with Gasteiger partial charge < -0.3 is 14.0 Å². The maximum absolute atomic E-state index is 11.7. The summed E-state index contributed by atoms with van der Waals surface area (Å²) in [7, 11) is -3.28. The summed E-state index contributed by atoms with van der Waals surface area (Å²) >= 11 is 0. The molecule has 0 saturated carbocycles. The third-order valence-electron chi connectivity index (χ3n) is 10.2. The van der Waals surface area contributed by atoms with E-state index in [-0.39, 0.29) is 10.1 Å². The van der Waals surface area contributed by atoms with Crippen LogP contribution in [0.2, 0.25) is 36.3 Å². The summed E-state index contributed by atoms with van der Waals surface area (Å²) in [5, 5.41) is 12.3. The van der Waals surface area contributed by atoms with Crippen LogP contribution < -0.4 is 0 Å². The molecule has 0 fully saturated rings. The highest BCUT2D eigenvalue weighted by Crippen LogP contribution is 2.37. The van der Waals surface area contributed by atoms with Crippen molar-refractivity contribution < 1.29 is 14.0 Å². The fourth-order valence-electron chi connectivity index (χ4n) is 5.14. The molecule has 1 N–H and O–H groups in total. The molecule has 0 aliphatic carbocycles. The zero-order chi connectivity index (χ0) is 32.0. The lowest BCUT2D eigenvalue weighted by molar-refractivity contribution is 0.00615. The van der Waals surface area contributed by atoms with Crippen molar-refractivity contribution in [1.82, 2.24) is 4.90 Å². The molecule has 0 bridgehead atoms. The first-order valence-corrected chi connectivity index (χ1v) is 23.2. The van der Waals surface area contributed by atoms with Crippen LogP contribution in [0, 0.1) is 0 Å². The zero-order valence-corrected chi connectivity index (χ0v) is 32.7. The van der Waals surface area contributed by atoms with E-state index in [2.05, 4.69) is 100 Å². The van der Waals surface area contributed by atoms with Crippen LogP contribution in [0.1, 0.15) is 153 Å². The minimum atomic E-state index is -1.64. The van der Waals surface area contributed by atoms with Gasteiger partial charge in [0.15, 0.2) is 16.6 Å². The first-order valence-electron chi connectivity index (χ1n) is 17.4. The molecule has 6 heteroatoms. The average molecular weight is 616 g/mol. The number of hydrogen-bond donors (Lipinski definition) is 1. The summed E-state index contributed by atoms with van der Waals surface area (Å²) in [4.78, 5) is 2.58. The van der Waals surface area contributed by atoms with Crippen molar-refractivity contribution in [2.45, 2.75) is 207 Å². The smallest absolute Gasteiger partial charge is 0.191 e. The van der Waals surface area contributed by atoms with Gasteiger partial charge in [-0.2, -0.15) is 0 Å². The molecule has 248 valence electrons. The van der Waals surface area contributed by atoms with Crippen molar-refractivity contribution in [2.75, 3.05) is 19.8 Å². The van der Waals surface area contributed by atoms with E-state index in [0.29, 0.717) is 12.1 Å². The molecule has 0 unspecified atom stereocenters. The van der Waals surface area contributed by atoms with Crippen LogP contribution in [0.4, 0.5) is 0 Å². The number of unbranched alkanes of at least 4 members (excludes halogenated alkanes) is 7. The maximum atomic E-state index is 11.7. The van der Waals surface area contributed by atoms with Gasteiger partial charge in [0, 0.05) is 25.3 Å². The van der Waals surface area contributed by atoms with Gasteiger partial charge in [0.25, 0.3) is 0 Å². The molecule has 0 aromatic carbocycles. The molecule has 0 saturated heterocycles. The van der Waals surface area contributed by atoms with Crippen LogP contribution in [0.15, 0.2) is 0 Å². The lowest BCUT2D eigenvalue weighted by Crippen LogP contribution is -2.40. The lowest BCUT2D eigenvalue weighted by atomic mass is 9.85. The third kappa shape index (κ3) is 17.4. The first-order chi connectivity index (χ1) is 18.7. The van der Waals surface area contributed by atoms with Gasteiger partial charge in [-0.1, -0.05) is 80.1 Å². The van der Waals surface area contributed by atoms with Crippen molar-refractivity contribution >= 4 is 16.6 Å². The summed E-state index contributed by atoms with van der Waals surface area (Å²) < 4.78 is 12.7. The Kier molecular flexibility index (Phi) is 19.1. The fourth-order valence-corrected chi connectivity index (χ4v) is 7.32. The highest BCUT2D eigenvalue weighted by atomic mass is 28.4. The van der Waals surface area contributed by atoms with Crippen LogP contribution in [0.5, 0.6) is 0 Å². The molecule has 0 spiro atoms. The lowest BCUT2D eigenvalue weighted by Gasteiger charge is -2.36. The van der Waals surface area contributed by atoms with Crippen LogP contribution in [-0.4, -0.2) is 64.1 Å². The molecule has 0 rings (SSSR count). The highest BCUT2D eigenvalue weighted by Gasteiger charge is 2.37. The molecule has 0 atom stereocenters. The van der Waals surface area contributed by atoms with Crippen molar-refractivity contribution in [3.63, 3.8) is 0 Å². The van der Waals surface area contributed by atoms with Crippen LogP contribution >= 0.6 is 0 Å². The van der Waals surface area contributed by atoms with E-state index in [0.717, 1.165) is 71.1 Å². The topological polar surface area (TPSA) is 41.9 Å². The summed E-state index contributed by atoms with van der Waals surface area (Å²) in [6, 6.07) is 1.16. The molecule has 0 heterocycles. The summed E-state index contributed by atoms with van der Waals surface area (Å²) in [6.45, 7) is 35.3. The minimum absolute atomic E-state index is 0.280. The molecule has 0 aliphatic rings. The van der Waals surface area contributed by atoms with Gasteiger partial charge in [0.2, 0.25) is 0 Å². The molecular weight excluding hydrogens is 539 g/mol. The Morgan fingerprint density at radius 2 is 0.854 bits per heavy atom. The summed E-state index contributed by atoms with van der Waals surface area (Å²) in [5.74, 6) is 0. The van der Waals surface area contributed by atoms with Gasteiger partial charge in [0.1, 0.15) is 0 Å². The van der Waals surface area contributed by atoms with Crippen molar-refractivity contribution in [2.24, 2.45) is 0 Å². The van der Waals surface area contributed by atoms with Gasteiger partial charge in [-0.05, 0) is 115 Å². The standard InChI is InChI=1S/C35H77NO3Si2/c1-31(2)36(32(3)4)28-22-21-27-35(37,25-19-15-17-23-29-38-40(11,12)33(5,6)7)26-20-16-18-24-30-39-41(13,14)34(8,9)10/h31-32,37H,15-30H2,1-14H3. The summed E-state index contributed by atoms with van der Waals surface area (Å²) in [5.41, 5.74) is -0.504. The molecule has 41 heavy (non-hydrogen) atoms. The largest absolute Gasteiger partial charge is 0.417 e. The average Bonchev–Trinajstić information content (AvgIpc) is 2.80. The van der Waals surface area contributed by atoms with Gasteiger partial charge in [-0.15, -0.1) is 0 Å². The van der Waals surface area contributed by atoms with Crippen LogP contribution in [0.25, 0.3) is 0 Å². The van der Waals surface area contributed by atoms with Gasteiger partial charge >= 0.3 is 0 Å². The fraction of sp³-hybridized carbons (Fsp3) is 1.00. The third-order valence-corrected chi connectivity index (χ3v) is 19.3. The van der Waals surface area contributed by atoms with Crippen molar-refractivity contribution in [3.05, 3.63) is 0 Å². The maximum Gasteiger partial charge on any atom is 0.191 e.